The molecule has 5 heterocycles. The van der Waals surface area contributed by atoms with Crippen LogP contribution in [0.25, 0.3) is 28.3 Å². The van der Waals surface area contributed by atoms with Gasteiger partial charge in [-0.1, -0.05) is 0 Å². The van der Waals surface area contributed by atoms with Gasteiger partial charge in [-0.3, -0.25) is 9.78 Å². The summed E-state index contributed by atoms with van der Waals surface area (Å²) in [6.07, 6.45) is 3.57. The second kappa shape index (κ2) is 7.00. The van der Waals surface area contributed by atoms with Crippen LogP contribution in [0.1, 0.15) is 19.5 Å². The van der Waals surface area contributed by atoms with E-state index in [9.17, 15) is 0 Å². The fourth-order valence-corrected chi connectivity index (χ4v) is 4.02. The van der Waals surface area contributed by atoms with Crippen LogP contribution in [0, 0.1) is 6.92 Å². The molecular formula is C20H24N8O. The van der Waals surface area contributed by atoms with Crippen molar-refractivity contribution in [1.29, 1.82) is 0 Å². The molecule has 9 nitrogen and oxygen atoms in total. The Morgan fingerprint density at radius 3 is 2.93 bits per heavy atom. The largest absolute Gasteiger partial charge is 0.377 e. The number of imidazole rings is 1. The Bertz CT molecular complexity index is 1140. The maximum absolute atomic E-state index is 5.63. The summed E-state index contributed by atoms with van der Waals surface area (Å²) in [4.78, 5) is 7.12. The van der Waals surface area contributed by atoms with Crippen LogP contribution in [0.3, 0.4) is 0 Å². The van der Waals surface area contributed by atoms with E-state index in [0.717, 1.165) is 52.9 Å². The minimum Gasteiger partial charge on any atom is -0.377 e. The fourth-order valence-electron chi connectivity index (χ4n) is 4.02. The first-order valence-electron chi connectivity index (χ1n) is 9.94. The Hall–Kier alpha value is -3.20. The fraction of sp³-hybridized carbons (Fsp3) is 0.400. The van der Waals surface area contributed by atoms with Crippen molar-refractivity contribution in [3.05, 3.63) is 36.3 Å². The lowest BCUT2D eigenvalue weighted by molar-refractivity contribution is 0.0984. The van der Waals surface area contributed by atoms with Crippen LogP contribution in [0.5, 0.6) is 0 Å². The minimum atomic E-state index is 0.248. The first-order valence-corrected chi connectivity index (χ1v) is 9.94. The molecule has 4 aromatic rings. The molecule has 0 aliphatic carbocycles. The van der Waals surface area contributed by atoms with Gasteiger partial charge in [0.25, 0.3) is 0 Å². The van der Waals surface area contributed by atoms with Crippen LogP contribution in [0.2, 0.25) is 0 Å². The van der Waals surface area contributed by atoms with Crippen molar-refractivity contribution in [2.75, 3.05) is 24.7 Å². The first-order chi connectivity index (χ1) is 14.2. The van der Waals surface area contributed by atoms with E-state index in [4.69, 9.17) is 14.8 Å². The zero-order valence-corrected chi connectivity index (χ0v) is 16.8. The summed E-state index contributed by atoms with van der Waals surface area (Å²) in [6, 6.07) is 6.37. The van der Waals surface area contributed by atoms with E-state index < -0.39 is 0 Å². The summed E-state index contributed by atoms with van der Waals surface area (Å²) < 4.78 is 9.57. The summed E-state index contributed by atoms with van der Waals surface area (Å²) in [5, 5.41) is 16.6. The lowest BCUT2D eigenvalue weighted by Crippen LogP contribution is -2.44. The average Bonchev–Trinajstić information content (AvgIpc) is 3.48. The van der Waals surface area contributed by atoms with Gasteiger partial charge < -0.3 is 9.64 Å². The van der Waals surface area contributed by atoms with Gasteiger partial charge in [0, 0.05) is 31.0 Å². The second-order valence-electron chi connectivity index (χ2n) is 7.32. The Kier molecular flexibility index (Phi) is 4.31. The molecule has 5 rings (SSSR count). The molecule has 0 saturated carbocycles. The maximum Gasteiger partial charge on any atom is 0.179 e. The van der Waals surface area contributed by atoms with Crippen molar-refractivity contribution in [3.63, 3.8) is 0 Å². The number of nitrogens with zero attached hydrogens (tertiary/aromatic N) is 7. The molecule has 1 N–H and O–H groups in total. The van der Waals surface area contributed by atoms with Crippen LogP contribution in [0.15, 0.2) is 30.6 Å². The lowest BCUT2D eigenvalue weighted by Gasteiger charge is -2.34. The molecule has 1 aliphatic rings. The quantitative estimate of drug-likeness (QED) is 0.574. The smallest absolute Gasteiger partial charge is 0.179 e. The van der Waals surface area contributed by atoms with Gasteiger partial charge in [0.05, 0.1) is 36.2 Å². The van der Waals surface area contributed by atoms with Gasteiger partial charge in [0.1, 0.15) is 5.69 Å². The van der Waals surface area contributed by atoms with Gasteiger partial charge in [-0.2, -0.15) is 10.2 Å². The predicted octanol–water partition coefficient (Wildman–Crippen LogP) is 2.54. The minimum absolute atomic E-state index is 0.248. The summed E-state index contributed by atoms with van der Waals surface area (Å²) in [5.41, 5.74) is 4.87. The molecule has 1 saturated heterocycles. The molecule has 0 amide bonds. The van der Waals surface area contributed by atoms with Gasteiger partial charge in [-0.25, -0.2) is 9.50 Å². The second-order valence-corrected chi connectivity index (χ2v) is 7.32. The molecule has 0 radical (unpaired) electrons. The Morgan fingerprint density at radius 1 is 1.28 bits per heavy atom. The molecule has 1 aliphatic heterocycles. The highest BCUT2D eigenvalue weighted by molar-refractivity contribution is 5.84. The number of hydrogen-bond donors (Lipinski definition) is 1. The van der Waals surface area contributed by atoms with Gasteiger partial charge in [0.15, 0.2) is 11.6 Å². The van der Waals surface area contributed by atoms with E-state index >= 15 is 0 Å². The van der Waals surface area contributed by atoms with E-state index in [2.05, 4.69) is 40.1 Å². The number of aromatic amines is 1. The third-order valence-electron chi connectivity index (χ3n) is 5.46. The molecule has 1 fully saturated rings. The molecule has 29 heavy (non-hydrogen) atoms. The number of anilines is 1. The van der Waals surface area contributed by atoms with Gasteiger partial charge >= 0.3 is 0 Å². The van der Waals surface area contributed by atoms with E-state index in [1.54, 1.807) is 6.20 Å². The molecular weight excluding hydrogens is 368 g/mol. The van der Waals surface area contributed by atoms with Crippen molar-refractivity contribution < 1.29 is 4.74 Å². The van der Waals surface area contributed by atoms with Gasteiger partial charge in [-0.05, 0) is 39.0 Å². The predicted molar refractivity (Wildman–Crippen MR) is 110 cm³/mol. The number of hydrogen-bond acceptors (Lipinski definition) is 6. The number of fused-ring (bicyclic) bond motifs is 1. The number of rotatable bonds is 4. The summed E-state index contributed by atoms with van der Waals surface area (Å²) in [5.74, 6) is 1.66. The number of aryl methyl sites for hydroxylation is 2. The summed E-state index contributed by atoms with van der Waals surface area (Å²) >= 11 is 0. The van der Waals surface area contributed by atoms with Crippen molar-refractivity contribution in [1.82, 2.24) is 34.6 Å². The molecule has 4 aromatic heterocycles. The topological polar surface area (TPSA) is 89.2 Å². The zero-order valence-electron chi connectivity index (χ0n) is 16.8. The molecule has 0 aromatic carbocycles. The lowest BCUT2D eigenvalue weighted by atomic mass is 10.1. The standard InChI is InChI=1S/C20H24N8O/c1-4-27-17(6-8-22-27)15-11-18(26-9-10-29-12-13(26)2)25-28-19(15)14(3)23-20(28)16-5-7-21-24-16/h5-8,11,13H,4,9-10,12H2,1-3H3,(H,21,24). The van der Waals surface area contributed by atoms with Crippen molar-refractivity contribution >= 4 is 11.3 Å². The summed E-state index contributed by atoms with van der Waals surface area (Å²) in [7, 11) is 0. The molecule has 0 spiro atoms. The van der Waals surface area contributed by atoms with Crippen LogP contribution in [-0.4, -0.2) is 60.4 Å². The number of morpholine rings is 1. The highest BCUT2D eigenvalue weighted by Gasteiger charge is 2.25. The number of nitrogens with one attached hydrogen (secondary N) is 1. The highest BCUT2D eigenvalue weighted by Crippen LogP contribution is 2.33. The molecule has 9 heteroatoms. The first kappa shape index (κ1) is 17.9. The monoisotopic (exact) mass is 392 g/mol. The number of ether oxygens (including phenoxy) is 1. The molecule has 1 unspecified atom stereocenters. The number of H-pyrrole nitrogens is 1. The Balaban J connectivity index is 1.80. The number of aromatic nitrogens is 7. The van der Waals surface area contributed by atoms with Crippen LogP contribution < -0.4 is 4.90 Å². The van der Waals surface area contributed by atoms with Crippen molar-refractivity contribution in [3.8, 4) is 22.8 Å². The van der Waals surface area contributed by atoms with E-state index in [1.165, 1.54) is 0 Å². The van der Waals surface area contributed by atoms with Crippen LogP contribution >= 0.6 is 0 Å². The Labute approximate surface area is 168 Å². The van der Waals surface area contributed by atoms with Crippen molar-refractivity contribution in [2.24, 2.45) is 0 Å². The normalized spacial score (nSPS) is 17.3. The SMILES string of the molecule is CCn1nccc1-c1cc(N2CCOCC2C)nn2c(-c3ccn[nH]3)nc(C)c12. The van der Waals surface area contributed by atoms with Crippen LogP contribution in [0.4, 0.5) is 5.82 Å². The van der Waals surface area contributed by atoms with Gasteiger partial charge in [-0.15, -0.1) is 5.10 Å². The van der Waals surface area contributed by atoms with Crippen molar-refractivity contribution in [2.45, 2.75) is 33.4 Å². The maximum atomic E-state index is 5.63. The zero-order chi connectivity index (χ0) is 20.0. The third-order valence-corrected chi connectivity index (χ3v) is 5.46. The summed E-state index contributed by atoms with van der Waals surface area (Å²) in [6.45, 7) is 9.26. The molecule has 0 bridgehead atoms. The highest BCUT2D eigenvalue weighted by atomic mass is 16.5. The Morgan fingerprint density at radius 2 is 2.17 bits per heavy atom. The van der Waals surface area contributed by atoms with E-state index in [-0.39, 0.29) is 6.04 Å². The van der Waals surface area contributed by atoms with E-state index in [0.29, 0.717) is 13.2 Å². The third kappa shape index (κ3) is 2.89. The molecule has 1 atom stereocenters. The van der Waals surface area contributed by atoms with Crippen LogP contribution in [-0.2, 0) is 11.3 Å². The molecule has 150 valence electrons. The van der Waals surface area contributed by atoms with Gasteiger partial charge in [0.2, 0.25) is 0 Å². The van der Waals surface area contributed by atoms with E-state index in [1.807, 2.05) is 34.5 Å². The average molecular weight is 392 g/mol.